The number of rotatable bonds is 8. The summed E-state index contributed by atoms with van der Waals surface area (Å²) in [5.41, 5.74) is 7.19. The molecule has 2 heterocycles. The Balaban J connectivity index is 1.21. The topological polar surface area (TPSA) is 114 Å². The lowest BCUT2D eigenvalue weighted by Crippen LogP contribution is -2.31. The molecule has 0 bridgehead atoms. The van der Waals surface area contributed by atoms with Crippen molar-refractivity contribution in [2.24, 2.45) is 10.1 Å². The van der Waals surface area contributed by atoms with Crippen LogP contribution < -0.4 is 15.1 Å². The van der Waals surface area contributed by atoms with Gasteiger partial charge in [-0.3, -0.25) is 9.69 Å². The maximum Gasteiger partial charge on any atom is 0.573 e. The van der Waals surface area contributed by atoms with Gasteiger partial charge >= 0.3 is 12.4 Å². The first-order chi connectivity index (χ1) is 21.5. The summed E-state index contributed by atoms with van der Waals surface area (Å²) >= 11 is 1.20. The average Bonchev–Trinajstić information content (AvgIpc) is 3.62. The van der Waals surface area contributed by atoms with Crippen LogP contribution in [0.5, 0.6) is 5.75 Å². The lowest BCUT2D eigenvalue weighted by Gasteiger charge is -2.22. The van der Waals surface area contributed by atoms with Crippen LogP contribution in [0, 0.1) is 6.92 Å². The summed E-state index contributed by atoms with van der Waals surface area (Å²) in [6.45, 7) is 6.03. The van der Waals surface area contributed by atoms with Crippen molar-refractivity contribution in [1.82, 2.24) is 20.2 Å². The first-order valence-corrected chi connectivity index (χ1v) is 14.8. The van der Waals surface area contributed by atoms with E-state index in [1.54, 1.807) is 0 Å². The molecule has 10 nitrogen and oxygen atoms in total. The molecule has 3 aromatic carbocycles. The Bertz CT molecular complexity index is 1770. The van der Waals surface area contributed by atoms with E-state index in [1.807, 2.05) is 63.2 Å². The zero-order valence-corrected chi connectivity index (χ0v) is 25.3. The second-order valence-corrected chi connectivity index (χ2v) is 11.3. The summed E-state index contributed by atoms with van der Waals surface area (Å²) in [6, 6.07) is 17.9. The summed E-state index contributed by atoms with van der Waals surface area (Å²) < 4.78 is 42.6. The predicted molar refractivity (Wildman–Crippen MR) is 167 cm³/mol. The molecule has 1 aliphatic rings. The normalized spacial score (nSPS) is 14.6. The van der Waals surface area contributed by atoms with Gasteiger partial charge in [0.25, 0.3) is 0 Å². The van der Waals surface area contributed by atoms with E-state index in [4.69, 9.17) is 0 Å². The summed E-state index contributed by atoms with van der Waals surface area (Å²) in [5.74, 6) is 0.298. The molecule has 1 saturated heterocycles. The smallest absolute Gasteiger partial charge is 0.406 e. The molecular formula is C31H28F3N7O3S. The highest BCUT2D eigenvalue weighted by Crippen LogP contribution is 2.34. The maximum absolute atomic E-state index is 12.7. The zero-order valence-electron chi connectivity index (χ0n) is 24.4. The second-order valence-electron chi connectivity index (χ2n) is 10.3. The van der Waals surface area contributed by atoms with E-state index in [0.717, 1.165) is 22.4 Å². The first-order valence-electron chi connectivity index (χ1n) is 13.8. The van der Waals surface area contributed by atoms with Crippen LogP contribution in [0.2, 0.25) is 0 Å². The zero-order chi connectivity index (χ0) is 32.1. The van der Waals surface area contributed by atoms with Gasteiger partial charge in [0.2, 0.25) is 5.91 Å². The number of carbonyl (C=O) groups is 2. The number of benzene rings is 3. The standard InChI is InChI=1S/C31H28F3N7O3S/c1-19(2)25-12-7-20(3)15-26(25)41-27(42)17-45-30(41)37-29(43)38-36-14-13-21-5-4-6-22(16-21)28-35-18-40(39-28)23-8-10-24(11-9-23)44-31(32,33)34/h4-12,14-16,18-19H,13,17H2,1-3H3,(H,38,43)/b36-14+,37-30-. The van der Waals surface area contributed by atoms with Gasteiger partial charge in [0, 0.05) is 18.2 Å². The number of urea groups is 1. The van der Waals surface area contributed by atoms with Crippen LogP contribution in [0.1, 0.15) is 36.5 Å². The van der Waals surface area contributed by atoms with Crippen LogP contribution in [0.15, 0.2) is 83.2 Å². The molecule has 5 rings (SSSR count). The number of hydrogen-bond acceptors (Lipinski definition) is 7. The van der Waals surface area contributed by atoms with E-state index >= 15 is 0 Å². The van der Waals surface area contributed by atoms with E-state index in [9.17, 15) is 22.8 Å². The number of nitrogens with one attached hydrogen (secondary N) is 1. The molecule has 0 aliphatic carbocycles. The first kappa shape index (κ1) is 31.4. The maximum atomic E-state index is 12.7. The molecule has 0 spiro atoms. The molecule has 14 heteroatoms. The second kappa shape index (κ2) is 13.3. The van der Waals surface area contributed by atoms with Gasteiger partial charge in [-0.2, -0.15) is 10.1 Å². The summed E-state index contributed by atoms with van der Waals surface area (Å²) in [5, 5.41) is 8.72. The molecule has 1 fully saturated rings. The summed E-state index contributed by atoms with van der Waals surface area (Å²) in [6.07, 6.45) is -1.40. The van der Waals surface area contributed by atoms with Crippen molar-refractivity contribution in [3.05, 3.63) is 89.7 Å². The quantitative estimate of drug-likeness (QED) is 0.172. The number of hydrazone groups is 1. The Hall–Kier alpha value is -4.98. The van der Waals surface area contributed by atoms with E-state index in [0.29, 0.717) is 28.7 Å². The van der Waals surface area contributed by atoms with Crippen LogP contribution in [0.25, 0.3) is 17.1 Å². The molecule has 0 unspecified atom stereocenters. The molecular weight excluding hydrogens is 607 g/mol. The molecule has 3 amide bonds. The molecule has 0 atom stereocenters. The third kappa shape index (κ3) is 7.95. The molecule has 45 heavy (non-hydrogen) atoms. The van der Waals surface area contributed by atoms with Crippen LogP contribution in [-0.4, -0.2) is 50.2 Å². The van der Waals surface area contributed by atoms with Gasteiger partial charge in [-0.15, -0.1) is 18.3 Å². The van der Waals surface area contributed by atoms with Crippen molar-refractivity contribution in [3.8, 4) is 22.8 Å². The molecule has 1 N–H and O–H groups in total. The summed E-state index contributed by atoms with van der Waals surface area (Å²) in [7, 11) is 0. The van der Waals surface area contributed by atoms with Crippen LogP contribution in [-0.2, 0) is 11.2 Å². The third-order valence-electron chi connectivity index (χ3n) is 6.60. The fourth-order valence-corrected chi connectivity index (χ4v) is 5.40. The monoisotopic (exact) mass is 635 g/mol. The van der Waals surface area contributed by atoms with E-state index < -0.39 is 12.4 Å². The van der Waals surface area contributed by atoms with Gasteiger partial charge in [0.15, 0.2) is 11.0 Å². The van der Waals surface area contributed by atoms with Gasteiger partial charge in [-0.25, -0.2) is 19.9 Å². The number of carbonyl (C=O) groups excluding carboxylic acids is 2. The van der Waals surface area contributed by atoms with Crippen molar-refractivity contribution < 1.29 is 27.5 Å². The Kier molecular flexibility index (Phi) is 9.32. The highest BCUT2D eigenvalue weighted by Gasteiger charge is 2.33. The highest BCUT2D eigenvalue weighted by atomic mass is 32.2. The molecule has 232 valence electrons. The number of ether oxygens (including phenoxy) is 1. The van der Waals surface area contributed by atoms with Crippen LogP contribution in [0.3, 0.4) is 0 Å². The van der Waals surface area contributed by atoms with Gasteiger partial charge in [-0.05, 0) is 65.9 Å². The Morgan fingerprint density at radius 2 is 1.91 bits per heavy atom. The number of anilines is 1. The lowest BCUT2D eigenvalue weighted by atomic mass is 9.99. The van der Waals surface area contributed by atoms with Gasteiger partial charge < -0.3 is 4.74 Å². The number of amides is 3. The van der Waals surface area contributed by atoms with Crippen molar-refractivity contribution in [2.75, 3.05) is 10.7 Å². The number of halogens is 3. The SMILES string of the molecule is Cc1ccc(C(C)C)c(N2C(=O)CS/C2=N\C(=O)N/N=C/Cc2cccc(-c3ncn(-c4ccc(OC(F)(F)F)cc4)n3)c2)c1. The number of aliphatic imine (C=N–C) groups is 1. The minimum absolute atomic E-state index is 0.143. The van der Waals surface area contributed by atoms with E-state index in [1.165, 1.54) is 58.2 Å². The van der Waals surface area contributed by atoms with E-state index in [2.05, 4.69) is 30.3 Å². The van der Waals surface area contributed by atoms with Crippen molar-refractivity contribution >= 4 is 40.8 Å². The average molecular weight is 636 g/mol. The molecule has 1 aliphatic heterocycles. The van der Waals surface area contributed by atoms with E-state index in [-0.39, 0.29) is 23.3 Å². The largest absolute Gasteiger partial charge is 0.573 e. The Labute approximate surface area is 261 Å². The Morgan fingerprint density at radius 3 is 2.64 bits per heavy atom. The fraction of sp³-hybridized carbons (Fsp3) is 0.226. The molecule has 0 saturated carbocycles. The molecule has 4 aromatic rings. The number of alkyl halides is 3. The fourth-order valence-electron chi connectivity index (χ4n) is 4.54. The molecule has 0 radical (unpaired) electrons. The minimum Gasteiger partial charge on any atom is -0.406 e. The number of hydrogen-bond donors (Lipinski definition) is 1. The van der Waals surface area contributed by atoms with Crippen molar-refractivity contribution in [2.45, 2.75) is 39.5 Å². The predicted octanol–water partition coefficient (Wildman–Crippen LogP) is 6.64. The number of aromatic nitrogens is 3. The van der Waals surface area contributed by atoms with Gasteiger partial charge in [0.05, 0.1) is 17.1 Å². The van der Waals surface area contributed by atoms with Crippen molar-refractivity contribution in [3.63, 3.8) is 0 Å². The number of nitrogens with zero attached hydrogens (tertiary/aromatic N) is 6. The Morgan fingerprint density at radius 1 is 1.13 bits per heavy atom. The van der Waals surface area contributed by atoms with Crippen LogP contribution in [0.4, 0.5) is 23.7 Å². The minimum atomic E-state index is -4.77. The highest BCUT2D eigenvalue weighted by molar-refractivity contribution is 8.15. The lowest BCUT2D eigenvalue weighted by molar-refractivity contribution is -0.274. The third-order valence-corrected chi connectivity index (χ3v) is 7.53. The van der Waals surface area contributed by atoms with Gasteiger partial charge in [0.1, 0.15) is 12.1 Å². The number of thioether (sulfide) groups is 1. The molecule has 1 aromatic heterocycles. The number of amidine groups is 1. The van der Waals surface area contributed by atoms with Gasteiger partial charge in [-0.1, -0.05) is 55.9 Å². The van der Waals surface area contributed by atoms with Crippen molar-refractivity contribution in [1.29, 1.82) is 0 Å². The number of aryl methyl sites for hydroxylation is 1. The van der Waals surface area contributed by atoms with Crippen LogP contribution >= 0.6 is 11.8 Å². The summed E-state index contributed by atoms with van der Waals surface area (Å²) in [4.78, 5) is 35.2.